The van der Waals surface area contributed by atoms with Gasteiger partial charge in [0.2, 0.25) is 0 Å². The molecule has 0 unspecified atom stereocenters. The molecule has 1 heterocycles. The van der Waals surface area contributed by atoms with Gasteiger partial charge in [0.25, 0.3) is 15.9 Å². The summed E-state index contributed by atoms with van der Waals surface area (Å²) >= 11 is 1.09. The lowest BCUT2D eigenvalue weighted by Crippen LogP contribution is -2.27. The Kier molecular flexibility index (Phi) is 5.27. The number of benzene rings is 1. The van der Waals surface area contributed by atoms with Crippen LogP contribution in [0.4, 0.5) is 5.69 Å². The molecule has 0 aliphatic heterocycles. The van der Waals surface area contributed by atoms with E-state index in [0.29, 0.717) is 6.54 Å². The fraction of sp³-hybridized carbons (Fsp3) is 0.267. The van der Waals surface area contributed by atoms with Gasteiger partial charge in [-0.2, -0.15) is 0 Å². The van der Waals surface area contributed by atoms with Crippen LogP contribution in [0.3, 0.4) is 0 Å². The molecule has 0 fully saturated rings. The summed E-state index contributed by atoms with van der Waals surface area (Å²) in [6.45, 7) is 4.41. The number of rotatable bonds is 6. The number of phenolic OH excluding ortho intramolecular Hbond substituents is 1. The van der Waals surface area contributed by atoms with Crippen molar-refractivity contribution in [2.45, 2.75) is 18.1 Å². The number of carbonyl (C=O) groups excluding carboxylic acids is 1. The van der Waals surface area contributed by atoms with Crippen molar-refractivity contribution in [2.75, 3.05) is 11.3 Å². The predicted molar refractivity (Wildman–Crippen MR) is 90.4 cm³/mol. The van der Waals surface area contributed by atoms with E-state index in [0.717, 1.165) is 11.3 Å². The first kappa shape index (κ1) is 17.3. The van der Waals surface area contributed by atoms with E-state index < -0.39 is 15.9 Å². The quantitative estimate of drug-likeness (QED) is 0.743. The number of carbonyl (C=O) groups is 1. The zero-order valence-corrected chi connectivity index (χ0v) is 14.4. The van der Waals surface area contributed by atoms with Crippen molar-refractivity contribution in [1.82, 2.24) is 5.32 Å². The summed E-state index contributed by atoms with van der Waals surface area (Å²) in [5.74, 6) is -0.389. The van der Waals surface area contributed by atoms with Gasteiger partial charge in [0.05, 0.1) is 11.3 Å². The molecule has 0 radical (unpaired) electrons. The molecule has 0 atom stereocenters. The van der Waals surface area contributed by atoms with Gasteiger partial charge in [0, 0.05) is 12.6 Å². The van der Waals surface area contributed by atoms with Gasteiger partial charge in [0.1, 0.15) is 9.96 Å². The molecule has 3 N–H and O–H groups in total. The Morgan fingerprint density at radius 3 is 2.61 bits per heavy atom. The average molecular weight is 354 g/mol. The molecule has 2 aromatic rings. The van der Waals surface area contributed by atoms with Crippen LogP contribution in [0.2, 0.25) is 0 Å². The van der Waals surface area contributed by atoms with Crippen molar-refractivity contribution >= 4 is 33.0 Å². The van der Waals surface area contributed by atoms with Crippen LogP contribution in [0.25, 0.3) is 0 Å². The summed E-state index contributed by atoms with van der Waals surface area (Å²) in [5.41, 5.74) is 0.293. The molecule has 23 heavy (non-hydrogen) atoms. The molecule has 0 spiro atoms. The molecule has 0 aliphatic rings. The summed E-state index contributed by atoms with van der Waals surface area (Å²) in [4.78, 5) is 11.9. The molecule has 6 nitrogen and oxygen atoms in total. The number of phenols is 1. The lowest BCUT2D eigenvalue weighted by atomic mass is 10.1. The van der Waals surface area contributed by atoms with Crippen LogP contribution >= 0.6 is 11.3 Å². The topological polar surface area (TPSA) is 95.5 Å². The average Bonchev–Trinajstić information content (AvgIpc) is 2.99. The highest BCUT2D eigenvalue weighted by molar-refractivity contribution is 7.94. The molecule has 0 saturated heterocycles. The fourth-order valence-electron chi connectivity index (χ4n) is 1.80. The van der Waals surface area contributed by atoms with Gasteiger partial charge in [-0.1, -0.05) is 19.9 Å². The van der Waals surface area contributed by atoms with Crippen LogP contribution < -0.4 is 10.0 Å². The first-order valence-corrected chi connectivity index (χ1v) is 9.33. The van der Waals surface area contributed by atoms with Crippen LogP contribution in [-0.2, 0) is 10.0 Å². The van der Waals surface area contributed by atoms with E-state index in [-0.39, 0.29) is 27.1 Å². The maximum Gasteiger partial charge on any atom is 0.271 e. The van der Waals surface area contributed by atoms with Gasteiger partial charge in [-0.25, -0.2) is 8.42 Å². The van der Waals surface area contributed by atoms with Gasteiger partial charge in [-0.3, -0.25) is 9.52 Å². The minimum atomic E-state index is -3.68. The summed E-state index contributed by atoms with van der Waals surface area (Å²) in [5, 5.41) is 14.3. The summed E-state index contributed by atoms with van der Waals surface area (Å²) < 4.78 is 26.8. The highest BCUT2D eigenvalue weighted by Crippen LogP contribution is 2.25. The molecule has 2 rings (SSSR count). The molecule has 1 aromatic heterocycles. The third-order valence-corrected chi connectivity index (χ3v) is 5.70. The third-order valence-electron chi connectivity index (χ3n) is 2.93. The number of anilines is 1. The Balaban J connectivity index is 2.15. The molecule has 1 aromatic carbocycles. The second kappa shape index (κ2) is 7.01. The van der Waals surface area contributed by atoms with E-state index in [1.54, 1.807) is 11.4 Å². The van der Waals surface area contributed by atoms with Crippen molar-refractivity contribution in [3.8, 4) is 5.75 Å². The van der Waals surface area contributed by atoms with E-state index in [2.05, 4.69) is 10.0 Å². The lowest BCUT2D eigenvalue weighted by Gasteiger charge is -2.11. The van der Waals surface area contributed by atoms with Crippen LogP contribution in [0.15, 0.2) is 39.9 Å². The highest BCUT2D eigenvalue weighted by atomic mass is 32.2. The molecule has 0 bridgehead atoms. The van der Waals surface area contributed by atoms with Gasteiger partial charge < -0.3 is 10.4 Å². The molecule has 124 valence electrons. The lowest BCUT2D eigenvalue weighted by molar-refractivity contribution is 0.0946. The highest BCUT2D eigenvalue weighted by Gasteiger charge is 2.17. The van der Waals surface area contributed by atoms with E-state index in [1.807, 2.05) is 13.8 Å². The minimum absolute atomic E-state index is 0.102. The summed E-state index contributed by atoms with van der Waals surface area (Å²) in [6, 6.07) is 7.17. The number of hydrogen-bond donors (Lipinski definition) is 3. The zero-order chi connectivity index (χ0) is 17.0. The van der Waals surface area contributed by atoms with Crippen molar-refractivity contribution in [2.24, 2.45) is 5.92 Å². The molecular formula is C15H18N2O4S2. The first-order chi connectivity index (χ1) is 10.8. The summed E-state index contributed by atoms with van der Waals surface area (Å²) in [7, 11) is -3.68. The molecular weight excluding hydrogens is 336 g/mol. The Morgan fingerprint density at radius 1 is 1.30 bits per heavy atom. The Labute approximate surface area is 139 Å². The largest absolute Gasteiger partial charge is 0.507 e. The van der Waals surface area contributed by atoms with Crippen LogP contribution in [0, 0.1) is 5.92 Å². The first-order valence-electron chi connectivity index (χ1n) is 6.97. The number of hydrogen-bond acceptors (Lipinski definition) is 5. The normalized spacial score (nSPS) is 11.4. The molecule has 0 saturated carbocycles. The van der Waals surface area contributed by atoms with Gasteiger partial charge in [-0.05, 0) is 29.5 Å². The maximum absolute atomic E-state index is 12.1. The molecule has 0 aliphatic carbocycles. The monoisotopic (exact) mass is 354 g/mol. The van der Waals surface area contributed by atoms with Crippen molar-refractivity contribution < 1.29 is 18.3 Å². The van der Waals surface area contributed by atoms with Crippen molar-refractivity contribution in [3.63, 3.8) is 0 Å². The minimum Gasteiger partial charge on any atom is -0.507 e. The van der Waals surface area contributed by atoms with Gasteiger partial charge in [-0.15, -0.1) is 11.3 Å². The Bertz CT molecular complexity index is 784. The fourth-order valence-corrected chi connectivity index (χ4v) is 3.84. The molecule has 8 heteroatoms. The predicted octanol–water partition coefficient (Wildman–Crippen LogP) is 2.64. The number of amides is 1. The third kappa shape index (κ3) is 4.46. The maximum atomic E-state index is 12.1. The van der Waals surface area contributed by atoms with E-state index in [1.165, 1.54) is 24.3 Å². The second-order valence-electron chi connectivity index (χ2n) is 5.37. The SMILES string of the molecule is CC(C)CNC(=O)c1ccc(NS(=O)(=O)c2cccs2)cc1O. The molecule has 1 amide bonds. The van der Waals surface area contributed by atoms with E-state index >= 15 is 0 Å². The standard InChI is InChI=1S/C15H18N2O4S2/c1-10(2)9-16-15(19)12-6-5-11(8-13(12)18)17-23(20,21)14-4-3-7-22-14/h3-8,10,17-18H,9H2,1-2H3,(H,16,19). The number of sulfonamides is 1. The summed E-state index contributed by atoms with van der Waals surface area (Å²) in [6.07, 6.45) is 0. The van der Waals surface area contributed by atoms with Crippen molar-refractivity contribution in [3.05, 3.63) is 41.3 Å². The van der Waals surface area contributed by atoms with Gasteiger partial charge in [0.15, 0.2) is 0 Å². The Hall–Kier alpha value is -2.06. The number of aromatic hydroxyl groups is 1. The van der Waals surface area contributed by atoms with Crippen LogP contribution in [-0.4, -0.2) is 26.0 Å². The van der Waals surface area contributed by atoms with Crippen LogP contribution in [0.1, 0.15) is 24.2 Å². The van der Waals surface area contributed by atoms with E-state index in [9.17, 15) is 18.3 Å². The smallest absolute Gasteiger partial charge is 0.271 e. The van der Waals surface area contributed by atoms with Crippen molar-refractivity contribution in [1.29, 1.82) is 0 Å². The number of nitrogens with one attached hydrogen (secondary N) is 2. The van der Waals surface area contributed by atoms with Crippen LogP contribution in [0.5, 0.6) is 5.75 Å². The van der Waals surface area contributed by atoms with Gasteiger partial charge >= 0.3 is 0 Å². The Morgan fingerprint density at radius 2 is 2.04 bits per heavy atom. The number of thiophene rings is 1. The van der Waals surface area contributed by atoms with E-state index in [4.69, 9.17) is 0 Å². The zero-order valence-electron chi connectivity index (χ0n) is 12.7. The second-order valence-corrected chi connectivity index (χ2v) is 8.23.